The Morgan fingerprint density at radius 3 is 2.44 bits per heavy atom. The summed E-state index contributed by atoms with van der Waals surface area (Å²) in [7, 11) is 0. The molecule has 3 aliphatic rings. The molecule has 0 aliphatic carbocycles. The van der Waals surface area contributed by atoms with Gasteiger partial charge in [0.15, 0.2) is 0 Å². The van der Waals surface area contributed by atoms with E-state index in [1.807, 2.05) is 76.2 Å². The molecule has 3 saturated heterocycles. The monoisotopic (exact) mass is 585 g/mol. The third-order valence-corrected chi connectivity index (χ3v) is 9.77. The zero-order valence-electron chi connectivity index (χ0n) is 25.7. The van der Waals surface area contributed by atoms with Crippen LogP contribution in [0.4, 0.5) is 5.69 Å². The van der Waals surface area contributed by atoms with E-state index in [0.717, 1.165) is 22.4 Å². The lowest BCUT2D eigenvalue weighted by molar-refractivity contribution is -0.152. The molecule has 1 spiro atoms. The van der Waals surface area contributed by atoms with Crippen molar-refractivity contribution in [2.45, 2.75) is 57.9 Å². The number of nitrogens with zero attached hydrogens (tertiary/aromatic N) is 3. The average Bonchev–Trinajstić information content (AvgIpc) is 3.49. The number of hydrogen-bond acceptors (Lipinski definition) is 5. The molecular weight excluding hydrogens is 542 g/mol. The van der Waals surface area contributed by atoms with Crippen LogP contribution in [0.5, 0.6) is 0 Å². The number of carbonyl (C=O) groups excluding carboxylic acids is 3. The van der Waals surface area contributed by atoms with Gasteiger partial charge in [-0.3, -0.25) is 14.4 Å². The first-order valence-electron chi connectivity index (χ1n) is 15.1. The lowest BCUT2D eigenvalue weighted by Crippen LogP contribution is -2.57. The Labute approximate surface area is 254 Å². The van der Waals surface area contributed by atoms with Gasteiger partial charge in [0.05, 0.1) is 24.0 Å². The Kier molecular flexibility index (Phi) is 8.38. The number of β-amino-alcohol motifs (C(OH)–C–C–N with tert-alkyl or cyclic N) is 1. The lowest BCUT2D eigenvalue weighted by Gasteiger charge is -2.39. The van der Waals surface area contributed by atoms with E-state index in [1.165, 1.54) is 4.90 Å². The van der Waals surface area contributed by atoms with Crippen molar-refractivity contribution in [3.63, 3.8) is 0 Å². The van der Waals surface area contributed by atoms with Crippen molar-refractivity contribution in [1.82, 2.24) is 9.80 Å². The minimum atomic E-state index is -1.21. The smallest absolute Gasteiger partial charge is 0.253 e. The minimum Gasteiger partial charge on any atom is -0.395 e. The summed E-state index contributed by atoms with van der Waals surface area (Å²) >= 11 is 0. The maximum absolute atomic E-state index is 14.7. The van der Waals surface area contributed by atoms with Gasteiger partial charge in [-0.1, -0.05) is 61.5 Å². The van der Waals surface area contributed by atoms with Gasteiger partial charge in [-0.2, -0.15) is 0 Å². The largest absolute Gasteiger partial charge is 0.395 e. The topological polar surface area (TPSA) is 90.4 Å². The zero-order chi connectivity index (χ0) is 31.1. The van der Waals surface area contributed by atoms with E-state index in [1.54, 1.807) is 22.0 Å². The summed E-state index contributed by atoms with van der Waals surface area (Å²) in [5, 5.41) is 10.1. The predicted molar refractivity (Wildman–Crippen MR) is 166 cm³/mol. The standard InChI is InChI=1S/C35H43N3O5/c1-7-16-36(22-26-12-10-9-11-13-26)31(40)28-29-32(41)38(18-19-39)30(35(29)21-25(5)34(28,6)43-35)33(42)37(17-8-2)27-20-23(3)14-15-24(27)4/h7-15,20,25,28-30,39H,1-2,16-19,21-22H2,3-6H3/t25?,28-,29+,30?,34+,35?/m1/s1. The zero-order valence-corrected chi connectivity index (χ0v) is 25.7. The fourth-order valence-corrected chi connectivity index (χ4v) is 7.73. The van der Waals surface area contributed by atoms with Crippen molar-refractivity contribution >= 4 is 23.4 Å². The summed E-state index contributed by atoms with van der Waals surface area (Å²) < 4.78 is 6.90. The molecule has 6 atom stereocenters. The van der Waals surface area contributed by atoms with Crippen molar-refractivity contribution in [3.05, 3.63) is 90.5 Å². The summed E-state index contributed by atoms with van der Waals surface area (Å²) in [5.74, 6) is -2.54. The van der Waals surface area contributed by atoms with Crippen molar-refractivity contribution in [2.24, 2.45) is 17.8 Å². The van der Waals surface area contributed by atoms with Gasteiger partial charge >= 0.3 is 0 Å². The number of aliphatic hydroxyl groups excluding tert-OH is 1. The summed E-state index contributed by atoms with van der Waals surface area (Å²) in [5.41, 5.74) is 1.47. The number of amides is 3. The normalized spacial score (nSPS) is 29.0. The second kappa shape index (κ2) is 11.7. The molecule has 0 saturated carbocycles. The van der Waals surface area contributed by atoms with Gasteiger partial charge in [-0.15, -0.1) is 13.2 Å². The van der Waals surface area contributed by atoms with E-state index in [4.69, 9.17) is 4.74 Å². The second-order valence-corrected chi connectivity index (χ2v) is 12.5. The van der Waals surface area contributed by atoms with Crippen LogP contribution < -0.4 is 4.90 Å². The number of fused-ring (bicyclic) bond motifs is 1. The molecule has 5 rings (SSSR count). The van der Waals surface area contributed by atoms with Gasteiger partial charge in [0, 0.05) is 31.9 Å². The van der Waals surface area contributed by atoms with Crippen LogP contribution in [0.2, 0.25) is 0 Å². The molecule has 3 aliphatic heterocycles. The van der Waals surface area contributed by atoms with Gasteiger partial charge < -0.3 is 24.5 Å². The molecule has 3 heterocycles. The highest BCUT2D eigenvalue weighted by atomic mass is 16.5. The molecule has 1 N–H and O–H groups in total. The molecule has 8 nitrogen and oxygen atoms in total. The minimum absolute atomic E-state index is 0.0298. The van der Waals surface area contributed by atoms with Gasteiger partial charge in [-0.25, -0.2) is 0 Å². The van der Waals surface area contributed by atoms with E-state index < -0.39 is 29.1 Å². The van der Waals surface area contributed by atoms with Crippen LogP contribution in [0, 0.1) is 31.6 Å². The quantitative estimate of drug-likeness (QED) is 0.402. The molecule has 3 amide bonds. The maximum atomic E-state index is 14.7. The van der Waals surface area contributed by atoms with Crippen LogP contribution in [-0.4, -0.2) is 76.1 Å². The summed E-state index contributed by atoms with van der Waals surface area (Å²) in [6.07, 6.45) is 3.81. The third kappa shape index (κ3) is 4.90. The first-order valence-corrected chi connectivity index (χ1v) is 15.1. The number of hydrogen-bond donors (Lipinski definition) is 1. The Morgan fingerprint density at radius 1 is 1.09 bits per heavy atom. The maximum Gasteiger partial charge on any atom is 0.253 e. The molecule has 2 aromatic carbocycles. The summed E-state index contributed by atoms with van der Waals surface area (Å²) in [6.45, 7) is 16.2. The Bertz CT molecular complexity index is 1430. The SMILES string of the molecule is C=CCN(Cc1ccccc1)C(=O)[C@H]1[C@H]2C(=O)N(CCO)C(C(=O)N(CC=C)c3cc(C)ccc3C)C23CC(C)[C@]1(C)O3. The number of aliphatic hydroxyl groups is 1. The molecule has 2 aromatic rings. The Morgan fingerprint density at radius 2 is 1.79 bits per heavy atom. The van der Waals surface area contributed by atoms with E-state index in [9.17, 15) is 19.5 Å². The van der Waals surface area contributed by atoms with E-state index in [2.05, 4.69) is 13.2 Å². The number of anilines is 1. The number of ether oxygens (including phenoxy) is 1. The highest BCUT2D eigenvalue weighted by Crippen LogP contribution is 2.65. The summed E-state index contributed by atoms with van der Waals surface area (Å²) in [6, 6.07) is 14.6. The second-order valence-electron chi connectivity index (χ2n) is 12.5. The fourth-order valence-electron chi connectivity index (χ4n) is 7.73. The van der Waals surface area contributed by atoms with E-state index in [0.29, 0.717) is 19.5 Å². The summed E-state index contributed by atoms with van der Waals surface area (Å²) in [4.78, 5) is 48.5. The van der Waals surface area contributed by atoms with Crippen LogP contribution in [0.25, 0.3) is 0 Å². The first kappa shape index (κ1) is 30.7. The van der Waals surface area contributed by atoms with Gasteiger partial charge in [0.2, 0.25) is 11.8 Å². The molecule has 8 heteroatoms. The van der Waals surface area contributed by atoms with Crippen LogP contribution in [0.3, 0.4) is 0 Å². The van der Waals surface area contributed by atoms with E-state index >= 15 is 0 Å². The average molecular weight is 586 g/mol. The molecule has 228 valence electrons. The molecule has 3 fully saturated rings. The highest BCUT2D eigenvalue weighted by Gasteiger charge is 2.80. The first-order chi connectivity index (χ1) is 20.5. The van der Waals surface area contributed by atoms with Gasteiger partial charge in [0.25, 0.3) is 5.91 Å². The van der Waals surface area contributed by atoms with Crippen LogP contribution in [0.1, 0.15) is 37.0 Å². The number of carbonyl (C=O) groups is 3. The molecule has 3 unspecified atom stereocenters. The fraction of sp³-hybridized carbons (Fsp3) is 0.457. The van der Waals surface area contributed by atoms with Gasteiger partial charge in [-0.05, 0) is 55.9 Å². The van der Waals surface area contributed by atoms with Crippen molar-refractivity contribution < 1.29 is 24.2 Å². The molecule has 43 heavy (non-hydrogen) atoms. The molecule has 0 aromatic heterocycles. The molecular formula is C35H43N3O5. The van der Waals surface area contributed by atoms with Crippen molar-refractivity contribution in [2.75, 3.05) is 31.1 Å². The van der Waals surface area contributed by atoms with Crippen molar-refractivity contribution in [3.8, 4) is 0 Å². The van der Waals surface area contributed by atoms with E-state index in [-0.39, 0.29) is 43.3 Å². The van der Waals surface area contributed by atoms with Crippen LogP contribution >= 0.6 is 0 Å². The van der Waals surface area contributed by atoms with Crippen LogP contribution in [-0.2, 0) is 25.7 Å². The van der Waals surface area contributed by atoms with Gasteiger partial charge in [0.1, 0.15) is 11.6 Å². The lowest BCUT2D eigenvalue weighted by atomic mass is 9.62. The number of likely N-dealkylation sites (tertiary alicyclic amines) is 1. The third-order valence-electron chi connectivity index (χ3n) is 9.77. The molecule has 2 bridgehead atoms. The Balaban J connectivity index is 1.59. The number of benzene rings is 2. The Hall–Kier alpha value is -3.75. The molecule has 0 radical (unpaired) electrons. The van der Waals surface area contributed by atoms with Crippen molar-refractivity contribution in [1.29, 1.82) is 0 Å². The predicted octanol–water partition coefficient (Wildman–Crippen LogP) is 4.04. The highest BCUT2D eigenvalue weighted by molar-refractivity contribution is 6.05. The van der Waals surface area contributed by atoms with Crippen LogP contribution in [0.15, 0.2) is 73.8 Å². The number of aryl methyl sites for hydroxylation is 2. The number of rotatable bonds is 11.